The van der Waals surface area contributed by atoms with Crippen molar-refractivity contribution in [3.8, 4) is 5.75 Å². The maximum atomic E-state index is 12.1. The number of ether oxygens (including phenoxy) is 1. The van der Waals surface area contributed by atoms with Gasteiger partial charge in [0, 0.05) is 0 Å². The molecule has 0 unspecified atom stereocenters. The molecule has 0 aliphatic rings. The van der Waals surface area contributed by atoms with Gasteiger partial charge in [0.15, 0.2) is 5.78 Å². The molecule has 0 N–H and O–H groups in total. The number of carbonyl (C=O) groups is 1. The van der Waals surface area contributed by atoms with E-state index < -0.39 is 0 Å². The van der Waals surface area contributed by atoms with E-state index in [0.717, 1.165) is 11.1 Å². The van der Waals surface area contributed by atoms with Crippen molar-refractivity contribution in [2.24, 2.45) is 0 Å². The topological polar surface area (TPSA) is 26.3 Å². The number of methoxy groups -OCH3 is 1. The highest BCUT2D eigenvalue weighted by atomic mass is 32.1. The summed E-state index contributed by atoms with van der Waals surface area (Å²) in [5.74, 6) is 0.572. The number of ketones is 1. The van der Waals surface area contributed by atoms with Crippen LogP contribution in [0.4, 0.5) is 0 Å². The van der Waals surface area contributed by atoms with Gasteiger partial charge in [0.2, 0.25) is 0 Å². The third-order valence-corrected chi connectivity index (χ3v) is 3.29. The second kappa shape index (κ2) is 5.65. The van der Waals surface area contributed by atoms with Crippen molar-refractivity contribution in [3.63, 3.8) is 0 Å². The second-order valence-electron chi connectivity index (χ2n) is 3.96. The Hall–Kier alpha value is -1.87. The van der Waals surface area contributed by atoms with Crippen LogP contribution < -0.4 is 4.74 Å². The monoisotopic (exact) mass is 258 g/mol. The van der Waals surface area contributed by atoms with Gasteiger partial charge < -0.3 is 4.74 Å². The molecule has 0 aliphatic carbocycles. The molecule has 1 heterocycles. The van der Waals surface area contributed by atoms with Gasteiger partial charge in [-0.15, -0.1) is 0 Å². The number of benzene rings is 1. The molecule has 2 rings (SSSR count). The Labute approximate surface area is 111 Å². The van der Waals surface area contributed by atoms with Gasteiger partial charge in [0.25, 0.3) is 0 Å². The Morgan fingerprint density at radius 1 is 1.33 bits per heavy atom. The molecule has 0 aliphatic heterocycles. The Morgan fingerprint density at radius 3 is 2.83 bits per heavy atom. The number of rotatable bonds is 4. The highest BCUT2D eigenvalue weighted by molar-refractivity contribution is 7.08. The lowest BCUT2D eigenvalue weighted by Gasteiger charge is -2.06. The van der Waals surface area contributed by atoms with Crippen LogP contribution in [0.15, 0.2) is 41.1 Å². The standard InChI is InChI=1S/C15H14O2S/c1-11-3-6-15(17-2)13(9-11)14(16)5-4-12-7-8-18-10-12/h3-10H,1-2H3/b5-4+. The number of aryl methyl sites for hydroxylation is 1. The van der Waals surface area contributed by atoms with Gasteiger partial charge in [0.1, 0.15) is 5.75 Å². The van der Waals surface area contributed by atoms with E-state index in [9.17, 15) is 4.79 Å². The molecular weight excluding hydrogens is 244 g/mol. The molecule has 1 aromatic heterocycles. The van der Waals surface area contributed by atoms with Crippen molar-refractivity contribution in [1.82, 2.24) is 0 Å². The van der Waals surface area contributed by atoms with Gasteiger partial charge >= 0.3 is 0 Å². The lowest BCUT2D eigenvalue weighted by Crippen LogP contribution is -1.99. The second-order valence-corrected chi connectivity index (χ2v) is 4.74. The number of thiophene rings is 1. The van der Waals surface area contributed by atoms with Crippen molar-refractivity contribution in [1.29, 1.82) is 0 Å². The number of hydrogen-bond donors (Lipinski definition) is 0. The minimum absolute atomic E-state index is 0.0400. The maximum Gasteiger partial charge on any atom is 0.189 e. The van der Waals surface area contributed by atoms with E-state index in [0.29, 0.717) is 11.3 Å². The summed E-state index contributed by atoms with van der Waals surface area (Å²) in [4.78, 5) is 12.1. The van der Waals surface area contributed by atoms with E-state index in [1.807, 2.05) is 48.0 Å². The van der Waals surface area contributed by atoms with E-state index in [-0.39, 0.29) is 5.78 Å². The molecule has 3 heteroatoms. The largest absolute Gasteiger partial charge is 0.496 e. The predicted molar refractivity (Wildman–Crippen MR) is 75.4 cm³/mol. The van der Waals surface area contributed by atoms with Gasteiger partial charge in [-0.2, -0.15) is 11.3 Å². The fraction of sp³-hybridized carbons (Fsp3) is 0.133. The predicted octanol–water partition coefficient (Wildman–Crippen LogP) is 3.96. The van der Waals surface area contributed by atoms with Gasteiger partial charge in [-0.05, 0) is 47.5 Å². The summed E-state index contributed by atoms with van der Waals surface area (Å²) >= 11 is 1.61. The van der Waals surface area contributed by atoms with E-state index in [1.165, 1.54) is 0 Å². The van der Waals surface area contributed by atoms with Crippen LogP contribution in [0.25, 0.3) is 6.08 Å². The Kier molecular flexibility index (Phi) is 3.95. The molecule has 0 radical (unpaired) electrons. The molecule has 0 fully saturated rings. The van der Waals surface area contributed by atoms with E-state index in [4.69, 9.17) is 4.74 Å². The summed E-state index contributed by atoms with van der Waals surface area (Å²) in [6, 6.07) is 7.57. The molecular formula is C15H14O2S. The number of hydrogen-bond acceptors (Lipinski definition) is 3. The summed E-state index contributed by atoms with van der Waals surface area (Å²) in [5.41, 5.74) is 2.69. The summed E-state index contributed by atoms with van der Waals surface area (Å²) in [6.07, 6.45) is 3.40. The molecule has 18 heavy (non-hydrogen) atoms. The van der Waals surface area contributed by atoms with Crippen LogP contribution in [0.2, 0.25) is 0 Å². The Balaban J connectivity index is 2.26. The molecule has 1 aromatic carbocycles. The SMILES string of the molecule is COc1ccc(C)cc1C(=O)/C=C/c1ccsc1. The van der Waals surface area contributed by atoms with Crippen LogP contribution >= 0.6 is 11.3 Å². The van der Waals surface area contributed by atoms with Crippen molar-refractivity contribution < 1.29 is 9.53 Å². The van der Waals surface area contributed by atoms with Crippen LogP contribution in [0.5, 0.6) is 5.75 Å². The van der Waals surface area contributed by atoms with Crippen LogP contribution in [-0.4, -0.2) is 12.9 Å². The lowest BCUT2D eigenvalue weighted by molar-refractivity contribution is 0.104. The lowest BCUT2D eigenvalue weighted by atomic mass is 10.1. The summed E-state index contributed by atoms with van der Waals surface area (Å²) in [5, 5.41) is 3.98. The quantitative estimate of drug-likeness (QED) is 0.613. The Bertz CT molecular complexity index is 568. The van der Waals surface area contributed by atoms with Crippen LogP contribution in [0, 0.1) is 6.92 Å². The van der Waals surface area contributed by atoms with E-state index >= 15 is 0 Å². The zero-order chi connectivity index (χ0) is 13.0. The summed E-state index contributed by atoms with van der Waals surface area (Å²) in [6.45, 7) is 1.96. The minimum atomic E-state index is -0.0400. The third-order valence-electron chi connectivity index (χ3n) is 2.59. The first-order valence-corrected chi connectivity index (χ1v) is 6.54. The van der Waals surface area contributed by atoms with Gasteiger partial charge in [-0.25, -0.2) is 0 Å². The molecule has 0 spiro atoms. The van der Waals surface area contributed by atoms with Crippen molar-refractivity contribution in [3.05, 3.63) is 57.8 Å². The summed E-state index contributed by atoms with van der Waals surface area (Å²) < 4.78 is 5.21. The normalized spacial score (nSPS) is 10.8. The van der Waals surface area contributed by atoms with Crippen LogP contribution in [-0.2, 0) is 0 Å². The van der Waals surface area contributed by atoms with E-state index in [1.54, 1.807) is 24.5 Å². The zero-order valence-electron chi connectivity index (χ0n) is 10.3. The van der Waals surface area contributed by atoms with Gasteiger partial charge in [-0.1, -0.05) is 17.7 Å². The minimum Gasteiger partial charge on any atom is -0.496 e. The molecule has 0 amide bonds. The summed E-state index contributed by atoms with van der Waals surface area (Å²) in [7, 11) is 1.57. The third kappa shape index (κ3) is 2.87. The molecule has 2 nitrogen and oxygen atoms in total. The molecule has 0 atom stereocenters. The first kappa shape index (κ1) is 12.6. The fourth-order valence-corrected chi connectivity index (χ4v) is 2.27. The molecule has 0 bridgehead atoms. The van der Waals surface area contributed by atoms with Crippen LogP contribution in [0.1, 0.15) is 21.5 Å². The molecule has 92 valence electrons. The number of carbonyl (C=O) groups excluding carboxylic acids is 1. The molecule has 0 saturated heterocycles. The molecule has 0 saturated carbocycles. The molecule has 2 aromatic rings. The number of allylic oxidation sites excluding steroid dienone is 1. The van der Waals surface area contributed by atoms with Crippen molar-refractivity contribution in [2.75, 3.05) is 7.11 Å². The van der Waals surface area contributed by atoms with Crippen molar-refractivity contribution in [2.45, 2.75) is 6.92 Å². The highest BCUT2D eigenvalue weighted by Crippen LogP contribution is 2.21. The average Bonchev–Trinajstić information content (AvgIpc) is 2.89. The van der Waals surface area contributed by atoms with Gasteiger partial charge in [-0.3, -0.25) is 4.79 Å². The fourth-order valence-electron chi connectivity index (χ4n) is 1.65. The maximum absolute atomic E-state index is 12.1. The zero-order valence-corrected chi connectivity index (χ0v) is 11.2. The average molecular weight is 258 g/mol. The van der Waals surface area contributed by atoms with E-state index in [2.05, 4.69) is 0 Å². The Morgan fingerprint density at radius 2 is 2.17 bits per heavy atom. The smallest absolute Gasteiger partial charge is 0.189 e. The first-order valence-electron chi connectivity index (χ1n) is 5.60. The van der Waals surface area contributed by atoms with Gasteiger partial charge in [0.05, 0.1) is 12.7 Å². The highest BCUT2D eigenvalue weighted by Gasteiger charge is 2.09. The van der Waals surface area contributed by atoms with Crippen molar-refractivity contribution >= 4 is 23.2 Å². The van der Waals surface area contributed by atoms with Crippen LogP contribution in [0.3, 0.4) is 0 Å². The first-order chi connectivity index (χ1) is 8.70.